The fraction of sp³-hybridized carbons (Fsp3) is 0.538. The van der Waals surface area contributed by atoms with Crippen LogP contribution in [0.2, 0.25) is 0 Å². The van der Waals surface area contributed by atoms with Gasteiger partial charge in [0.05, 0.1) is 17.3 Å². The van der Waals surface area contributed by atoms with Gasteiger partial charge in [-0.3, -0.25) is 9.59 Å². The predicted octanol–water partition coefficient (Wildman–Crippen LogP) is 4.53. The second-order valence-corrected chi connectivity index (χ2v) is 9.11. The zero-order chi connectivity index (χ0) is 22.3. The summed E-state index contributed by atoms with van der Waals surface area (Å²) in [5.74, 6) is 0.666. The van der Waals surface area contributed by atoms with Gasteiger partial charge in [0.2, 0.25) is 5.91 Å². The SMILES string of the molecule is Cc1ncc(C(=O)NC2CCCCC2)c([C@@H]2CCCCN2C(=O)CCc2ccccc2)n1. The van der Waals surface area contributed by atoms with E-state index in [2.05, 4.69) is 22.4 Å². The molecule has 6 heteroatoms. The van der Waals surface area contributed by atoms with Gasteiger partial charge in [0.1, 0.15) is 5.82 Å². The summed E-state index contributed by atoms with van der Waals surface area (Å²) in [6.45, 7) is 2.56. The van der Waals surface area contributed by atoms with E-state index in [0.29, 0.717) is 30.0 Å². The lowest BCUT2D eigenvalue weighted by Crippen LogP contribution is -2.41. The minimum Gasteiger partial charge on any atom is -0.349 e. The van der Waals surface area contributed by atoms with E-state index in [-0.39, 0.29) is 23.9 Å². The van der Waals surface area contributed by atoms with Crippen molar-refractivity contribution in [1.82, 2.24) is 20.2 Å². The van der Waals surface area contributed by atoms with Crippen LogP contribution in [0.4, 0.5) is 0 Å². The fourth-order valence-electron chi connectivity index (χ4n) is 4.98. The number of aromatic nitrogens is 2. The molecule has 0 radical (unpaired) electrons. The smallest absolute Gasteiger partial charge is 0.255 e. The van der Waals surface area contributed by atoms with Crippen molar-refractivity contribution in [3.8, 4) is 0 Å². The van der Waals surface area contributed by atoms with Crippen LogP contribution in [-0.4, -0.2) is 39.3 Å². The third-order valence-electron chi connectivity index (χ3n) is 6.73. The maximum atomic E-state index is 13.2. The molecule has 2 aromatic rings. The van der Waals surface area contributed by atoms with Crippen molar-refractivity contribution in [2.45, 2.75) is 83.2 Å². The molecule has 1 N–H and O–H groups in total. The molecule has 1 saturated carbocycles. The van der Waals surface area contributed by atoms with Crippen LogP contribution in [0.25, 0.3) is 0 Å². The highest BCUT2D eigenvalue weighted by Crippen LogP contribution is 2.32. The van der Waals surface area contributed by atoms with Gasteiger partial charge in [-0.2, -0.15) is 0 Å². The number of benzene rings is 1. The van der Waals surface area contributed by atoms with Crippen LogP contribution in [0.3, 0.4) is 0 Å². The van der Waals surface area contributed by atoms with Crippen LogP contribution in [-0.2, 0) is 11.2 Å². The van der Waals surface area contributed by atoms with Crippen molar-refractivity contribution in [2.75, 3.05) is 6.54 Å². The second-order valence-electron chi connectivity index (χ2n) is 9.11. The van der Waals surface area contributed by atoms with Gasteiger partial charge in [0.25, 0.3) is 5.91 Å². The number of carbonyl (C=O) groups excluding carboxylic acids is 2. The van der Waals surface area contributed by atoms with Gasteiger partial charge >= 0.3 is 0 Å². The van der Waals surface area contributed by atoms with Crippen LogP contribution in [0.1, 0.15) is 91.3 Å². The van der Waals surface area contributed by atoms with Gasteiger partial charge in [0, 0.05) is 25.2 Å². The quantitative estimate of drug-likeness (QED) is 0.725. The van der Waals surface area contributed by atoms with E-state index in [1.807, 2.05) is 30.0 Å². The number of rotatable bonds is 6. The molecule has 1 aliphatic carbocycles. The van der Waals surface area contributed by atoms with E-state index in [1.54, 1.807) is 6.20 Å². The minimum atomic E-state index is -0.166. The predicted molar refractivity (Wildman–Crippen MR) is 124 cm³/mol. The van der Waals surface area contributed by atoms with E-state index in [4.69, 9.17) is 4.98 Å². The third kappa shape index (κ3) is 5.53. The Balaban J connectivity index is 1.52. The Kier molecular flexibility index (Phi) is 7.51. The summed E-state index contributed by atoms with van der Waals surface area (Å²) in [7, 11) is 0. The van der Waals surface area contributed by atoms with Crippen LogP contribution in [0, 0.1) is 6.92 Å². The number of aryl methyl sites for hydroxylation is 2. The Labute approximate surface area is 190 Å². The molecule has 0 unspecified atom stereocenters. The number of amides is 2. The van der Waals surface area contributed by atoms with Crippen molar-refractivity contribution < 1.29 is 9.59 Å². The summed E-state index contributed by atoms with van der Waals surface area (Å²) in [4.78, 5) is 37.4. The lowest BCUT2D eigenvalue weighted by atomic mass is 9.93. The topological polar surface area (TPSA) is 75.2 Å². The molecule has 1 atom stereocenters. The van der Waals surface area contributed by atoms with Gasteiger partial charge in [-0.15, -0.1) is 0 Å². The van der Waals surface area contributed by atoms with E-state index >= 15 is 0 Å². The first-order valence-corrected chi connectivity index (χ1v) is 12.1. The standard InChI is InChI=1S/C26H34N4O2/c1-19-27-18-22(26(32)29-21-12-6-3-7-13-21)25(28-19)23-14-8-9-17-30(23)24(31)16-15-20-10-4-2-5-11-20/h2,4-5,10-11,18,21,23H,3,6-9,12-17H2,1H3,(H,29,32)/t23-/m0/s1. The zero-order valence-electron chi connectivity index (χ0n) is 19.1. The molecule has 2 aliphatic rings. The summed E-state index contributed by atoms with van der Waals surface area (Å²) in [6.07, 6.45) is 11.3. The number of nitrogens with zero attached hydrogens (tertiary/aromatic N) is 3. The molecule has 2 fully saturated rings. The molecule has 0 spiro atoms. The average Bonchev–Trinajstić information content (AvgIpc) is 2.83. The largest absolute Gasteiger partial charge is 0.349 e. The van der Waals surface area contributed by atoms with Crippen molar-refractivity contribution >= 4 is 11.8 Å². The Morgan fingerprint density at radius 3 is 2.56 bits per heavy atom. The summed E-state index contributed by atoms with van der Waals surface area (Å²) >= 11 is 0. The van der Waals surface area contributed by atoms with Gasteiger partial charge in [-0.1, -0.05) is 49.6 Å². The first kappa shape index (κ1) is 22.4. The van der Waals surface area contributed by atoms with Crippen LogP contribution >= 0.6 is 0 Å². The first-order valence-electron chi connectivity index (χ1n) is 12.1. The Morgan fingerprint density at radius 1 is 1.03 bits per heavy atom. The highest BCUT2D eigenvalue weighted by atomic mass is 16.2. The molecule has 1 aromatic heterocycles. The van der Waals surface area contributed by atoms with Gasteiger partial charge in [-0.05, 0) is 51.0 Å². The molecule has 1 aromatic carbocycles. The zero-order valence-corrected chi connectivity index (χ0v) is 19.1. The summed E-state index contributed by atoms with van der Waals surface area (Å²) in [5, 5.41) is 3.20. The van der Waals surface area contributed by atoms with E-state index in [1.165, 1.54) is 12.0 Å². The molecule has 0 bridgehead atoms. The van der Waals surface area contributed by atoms with Gasteiger partial charge in [-0.25, -0.2) is 9.97 Å². The molecule has 1 aliphatic heterocycles. The van der Waals surface area contributed by atoms with Gasteiger partial charge < -0.3 is 10.2 Å². The van der Waals surface area contributed by atoms with Crippen molar-refractivity contribution in [3.63, 3.8) is 0 Å². The summed E-state index contributed by atoms with van der Waals surface area (Å²) in [5.41, 5.74) is 2.40. The number of nitrogens with one attached hydrogen (secondary N) is 1. The monoisotopic (exact) mass is 434 g/mol. The fourth-order valence-corrected chi connectivity index (χ4v) is 4.98. The third-order valence-corrected chi connectivity index (χ3v) is 6.73. The summed E-state index contributed by atoms with van der Waals surface area (Å²) < 4.78 is 0. The van der Waals surface area contributed by atoms with Crippen molar-refractivity contribution in [3.05, 3.63) is 59.2 Å². The van der Waals surface area contributed by atoms with Crippen molar-refractivity contribution in [2.24, 2.45) is 0 Å². The number of hydrogen-bond acceptors (Lipinski definition) is 4. The normalized spacial score (nSPS) is 19.5. The molecule has 2 heterocycles. The second kappa shape index (κ2) is 10.7. The maximum absolute atomic E-state index is 13.2. The van der Waals surface area contributed by atoms with Crippen LogP contribution in [0.5, 0.6) is 0 Å². The average molecular weight is 435 g/mol. The van der Waals surface area contributed by atoms with Gasteiger partial charge in [0.15, 0.2) is 0 Å². The van der Waals surface area contributed by atoms with Crippen molar-refractivity contribution in [1.29, 1.82) is 0 Å². The molecular formula is C26H34N4O2. The highest BCUT2D eigenvalue weighted by Gasteiger charge is 2.32. The maximum Gasteiger partial charge on any atom is 0.255 e. The lowest BCUT2D eigenvalue weighted by molar-refractivity contribution is -0.135. The van der Waals surface area contributed by atoms with Crippen LogP contribution < -0.4 is 5.32 Å². The molecular weight excluding hydrogens is 400 g/mol. The number of hydrogen-bond donors (Lipinski definition) is 1. The number of piperidine rings is 1. The Hall–Kier alpha value is -2.76. The Morgan fingerprint density at radius 2 is 1.78 bits per heavy atom. The van der Waals surface area contributed by atoms with E-state index in [9.17, 15) is 9.59 Å². The minimum absolute atomic E-state index is 0.103. The number of carbonyl (C=O) groups is 2. The molecule has 32 heavy (non-hydrogen) atoms. The Bertz CT molecular complexity index is 925. The summed E-state index contributed by atoms with van der Waals surface area (Å²) in [6, 6.07) is 10.2. The highest BCUT2D eigenvalue weighted by molar-refractivity contribution is 5.95. The molecule has 2 amide bonds. The number of likely N-dealkylation sites (tertiary alicyclic amines) is 1. The molecule has 6 nitrogen and oxygen atoms in total. The van der Waals surface area contributed by atoms with E-state index in [0.717, 1.165) is 51.4 Å². The first-order chi connectivity index (χ1) is 15.6. The molecule has 170 valence electrons. The molecule has 4 rings (SSSR count). The van der Waals surface area contributed by atoms with Crippen LogP contribution in [0.15, 0.2) is 36.5 Å². The molecule has 1 saturated heterocycles. The van der Waals surface area contributed by atoms with E-state index < -0.39 is 0 Å². The lowest BCUT2D eigenvalue weighted by Gasteiger charge is -2.36.